The first-order valence-corrected chi connectivity index (χ1v) is 9.14. The van der Waals surface area contributed by atoms with Gasteiger partial charge < -0.3 is 15.6 Å². The van der Waals surface area contributed by atoms with E-state index < -0.39 is 29.5 Å². The van der Waals surface area contributed by atoms with Gasteiger partial charge in [-0.15, -0.1) is 0 Å². The number of carbonyl (C=O) groups excluding carboxylic acids is 2. The highest BCUT2D eigenvalue weighted by Crippen LogP contribution is 2.24. The van der Waals surface area contributed by atoms with E-state index >= 15 is 0 Å². The van der Waals surface area contributed by atoms with Crippen molar-refractivity contribution in [3.63, 3.8) is 0 Å². The smallest absolute Gasteiger partial charge is 0.330 e. The number of hydrogen-bond acceptors (Lipinski definition) is 3. The summed E-state index contributed by atoms with van der Waals surface area (Å²) in [4.78, 5) is 38.6. The van der Waals surface area contributed by atoms with Crippen molar-refractivity contribution in [1.29, 1.82) is 0 Å². The number of imidazole rings is 1. The third-order valence-corrected chi connectivity index (χ3v) is 4.46. The van der Waals surface area contributed by atoms with Gasteiger partial charge in [-0.3, -0.25) is 14.2 Å². The van der Waals surface area contributed by atoms with Crippen LogP contribution < -0.4 is 16.3 Å². The number of amides is 2. The lowest BCUT2D eigenvalue weighted by molar-refractivity contribution is -0.120. The third-order valence-electron chi connectivity index (χ3n) is 4.46. The molecule has 0 bridgehead atoms. The van der Waals surface area contributed by atoms with Crippen molar-refractivity contribution in [2.45, 2.75) is 26.3 Å². The van der Waals surface area contributed by atoms with E-state index in [-0.39, 0.29) is 17.7 Å². The average molecular weight is 414 g/mol. The van der Waals surface area contributed by atoms with Crippen LogP contribution in [0.3, 0.4) is 0 Å². The number of aromatic amines is 1. The zero-order chi connectivity index (χ0) is 21.8. The van der Waals surface area contributed by atoms with E-state index in [2.05, 4.69) is 15.6 Å². The normalized spacial score (nSPS) is 11.7. The number of benzene rings is 2. The number of carbonyl (C=O) groups is 2. The molecular weight excluding hydrogens is 394 g/mol. The van der Waals surface area contributed by atoms with Gasteiger partial charge in [0.25, 0.3) is 0 Å². The standard InChI is InChI=1S/C21H20F2N4O3/c1-12-11-24-21(30)27(12)15-6-3-5-14(9-15)26-19(29)10-18(25-13(2)28)20-16(22)7-4-8-17(20)23/h3-9,11,18H,10H2,1-2H3,(H,24,30)(H,25,28)(H,26,29). The van der Waals surface area contributed by atoms with Crippen molar-refractivity contribution in [2.75, 3.05) is 5.32 Å². The zero-order valence-corrected chi connectivity index (χ0v) is 16.3. The molecule has 0 aliphatic carbocycles. The number of halogens is 2. The van der Waals surface area contributed by atoms with E-state index in [1.807, 2.05) is 0 Å². The number of rotatable bonds is 6. The Balaban J connectivity index is 1.82. The fourth-order valence-corrected chi connectivity index (χ4v) is 3.21. The molecule has 0 saturated heterocycles. The first-order chi connectivity index (χ1) is 14.3. The molecule has 0 fully saturated rings. The van der Waals surface area contributed by atoms with Crippen LogP contribution in [0.1, 0.15) is 30.6 Å². The van der Waals surface area contributed by atoms with E-state index in [0.717, 1.165) is 12.1 Å². The molecule has 0 spiro atoms. The molecule has 0 saturated carbocycles. The second kappa shape index (κ2) is 8.73. The average Bonchev–Trinajstić information content (AvgIpc) is 2.99. The van der Waals surface area contributed by atoms with Crippen LogP contribution in [0.4, 0.5) is 14.5 Å². The Hall–Kier alpha value is -3.75. The van der Waals surface area contributed by atoms with Gasteiger partial charge in [-0.2, -0.15) is 0 Å². The molecule has 1 heterocycles. The maximum Gasteiger partial charge on any atom is 0.330 e. The Bertz CT molecular complexity index is 1130. The van der Waals surface area contributed by atoms with Crippen molar-refractivity contribution in [2.24, 2.45) is 0 Å². The first-order valence-electron chi connectivity index (χ1n) is 9.14. The van der Waals surface area contributed by atoms with Crippen LogP contribution in [0.2, 0.25) is 0 Å². The maximum absolute atomic E-state index is 14.2. The number of nitrogens with zero attached hydrogens (tertiary/aromatic N) is 1. The summed E-state index contributed by atoms with van der Waals surface area (Å²) in [7, 11) is 0. The quantitative estimate of drug-likeness (QED) is 0.579. The van der Waals surface area contributed by atoms with Gasteiger partial charge in [-0.1, -0.05) is 12.1 Å². The van der Waals surface area contributed by atoms with Crippen LogP contribution in [-0.4, -0.2) is 21.4 Å². The molecule has 0 aliphatic rings. The Morgan fingerprint density at radius 2 is 1.80 bits per heavy atom. The zero-order valence-electron chi connectivity index (χ0n) is 16.3. The lowest BCUT2D eigenvalue weighted by Crippen LogP contribution is -2.31. The molecule has 1 unspecified atom stereocenters. The van der Waals surface area contributed by atoms with Gasteiger partial charge in [0.15, 0.2) is 0 Å². The third kappa shape index (κ3) is 4.62. The van der Waals surface area contributed by atoms with Gasteiger partial charge in [0.05, 0.1) is 18.2 Å². The molecule has 1 aromatic heterocycles. The van der Waals surface area contributed by atoms with E-state index in [1.165, 1.54) is 17.6 Å². The summed E-state index contributed by atoms with van der Waals surface area (Å²) >= 11 is 0. The molecule has 9 heteroatoms. The molecule has 0 aliphatic heterocycles. The van der Waals surface area contributed by atoms with E-state index in [1.54, 1.807) is 37.4 Å². The monoisotopic (exact) mass is 414 g/mol. The molecular formula is C21H20F2N4O3. The molecule has 7 nitrogen and oxygen atoms in total. The van der Waals surface area contributed by atoms with Crippen molar-refractivity contribution in [3.8, 4) is 5.69 Å². The Kier molecular flexibility index (Phi) is 6.10. The largest absolute Gasteiger partial charge is 0.349 e. The van der Waals surface area contributed by atoms with Crippen molar-refractivity contribution in [1.82, 2.24) is 14.9 Å². The van der Waals surface area contributed by atoms with Gasteiger partial charge in [0, 0.05) is 30.1 Å². The van der Waals surface area contributed by atoms with Crippen molar-refractivity contribution >= 4 is 17.5 Å². The highest BCUT2D eigenvalue weighted by Gasteiger charge is 2.24. The molecule has 3 rings (SSSR count). The predicted molar refractivity (Wildman–Crippen MR) is 107 cm³/mol. The van der Waals surface area contributed by atoms with Crippen LogP contribution in [0, 0.1) is 18.6 Å². The van der Waals surface area contributed by atoms with Gasteiger partial charge in [-0.05, 0) is 37.3 Å². The summed E-state index contributed by atoms with van der Waals surface area (Å²) in [6.45, 7) is 2.95. The van der Waals surface area contributed by atoms with Gasteiger partial charge in [0.1, 0.15) is 11.6 Å². The minimum Gasteiger partial charge on any atom is -0.349 e. The topological polar surface area (TPSA) is 96.0 Å². The van der Waals surface area contributed by atoms with Crippen LogP contribution in [0.25, 0.3) is 5.69 Å². The minimum atomic E-state index is -1.18. The SMILES string of the molecule is CC(=O)NC(CC(=O)Nc1cccc(-n2c(C)c[nH]c2=O)c1)c1c(F)cccc1F. The highest BCUT2D eigenvalue weighted by molar-refractivity contribution is 5.92. The number of anilines is 1. The highest BCUT2D eigenvalue weighted by atomic mass is 19.1. The fraction of sp³-hybridized carbons (Fsp3) is 0.190. The van der Waals surface area contributed by atoms with E-state index in [0.29, 0.717) is 17.1 Å². The summed E-state index contributed by atoms with van der Waals surface area (Å²) in [5.74, 6) is -2.80. The minimum absolute atomic E-state index is 0.322. The number of hydrogen-bond donors (Lipinski definition) is 3. The van der Waals surface area contributed by atoms with Crippen LogP contribution >= 0.6 is 0 Å². The molecule has 2 aromatic carbocycles. The van der Waals surface area contributed by atoms with Gasteiger partial charge in [0.2, 0.25) is 11.8 Å². The summed E-state index contributed by atoms with van der Waals surface area (Å²) in [5, 5.41) is 5.05. The lowest BCUT2D eigenvalue weighted by Gasteiger charge is -2.19. The molecule has 30 heavy (non-hydrogen) atoms. The summed E-state index contributed by atoms with van der Waals surface area (Å²) in [6, 6.07) is 8.72. The van der Waals surface area contributed by atoms with Crippen LogP contribution in [0.5, 0.6) is 0 Å². The van der Waals surface area contributed by atoms with Gasteiger partial charge >= 0.3 is 5.69 Å². The number of nitrogens with one attached hydrogen (secondary N) is 3. The van der Waals surface area contributed by atoms with Crippen LogP contribution in [-0.2, 0) is 9.59 Å². The molecule has 1 atom stereocenters. The molecule has 3 N–H and O–H groups in total. The summed E-state index contributed by atoms with van der Waals surface area (Å²) in [6.07, 6.45) is 1.18. The Morgan fingerprint density at radius 1 is 1.13 bits per heavy atom. The second-order valence-electron chi connectivity index (χ2n) is 6.76. The molecule has 156 valence electrons. The Labute approximate surface area is 170 Å². The van der Waals surface area contributed by atoms with Gasteiger partial charge in [-0.25, -0.2) is 13.6 Å². The second-order valence-corrected chi connectivity index (χ2v) is 6.76. The molecule has 2 amide bonds. The first kappa shape index (κ1) is 21.0. The fourth-order valence-electron chi connectivity index (χ4n) is 3.21. The van der Waals surface area contributed by atoms with Crippen molar-refractivity contribution in [3.05, 3.63) is 82.0 Å². The number of aromatic nitrogens is 2. The molecule has 0 radical (unpaired) electrons. The van der Waals surface area contributed by atoms with E-state index in [9.17, 15) is 23.2 Å². The molecule has 3 aromatic rings. The number of aryl methyl sites for hydroxylation is 1. The predicted octanol–water partition coefficient (Wildman–Crippen LogP) is 2.96. The van der Waals surface area contributed by atoms with Crippen molar-refractivity contribution < 1.29 is 18.4 Å². The maximum atomic E-state index is 14.2. The van der Waals surface area contributed by atoms with E-state index in [4.69, 9.17) is 0 Å². The summed E-state index contributed by atoms with van der Waals surface area (Å²) < 4.78 is 29.7. The summed E-state index contributed by atoms with van der Waals surface area (Å²) in [5.41, 5.74) is 0.905. The van der Waals surface area contributed by atoms with Crippen LogP contribution in [0.15, 0.2) is 53.5 Å². The Morgan fingerprint density at radius 3 is 2.40 bits per heavy atom. The number of H-pyrrole nitrogens is 1. The lowest BCUT2D eigenvalue weighted by atomic mass is 10.0.